The molecule has 8 nitrogen and oxygen atoms in total. The summed E-state index contributed by atoms with van der Waals surface area (Å²) in [6.07, 6.45) is 1.67. The van der Waals surface area contributed by atoms with Gasteiger partial charge < -0.3 is 18.4 Å². The molecule has 0 saturated carbocycles. The minimum atomic E-state index is 0.0842. The molecule has 32 heavy (non-hydrogen) atoms. The molecule has 1 amide bonds. The monoisotopic (exact) mass is 451 g/mol. The van der Waals surface area contributed by atoms with Crippen molar-refractivity contribution in [1.82, 2.24) is 24.5 Å². The number of hydrogen-bond donors (Lipinski definition) is 0. The van der Waals surface area contributed by atoms with Gasteiger partial charge in [0.1, 0.15) is 5.76 Å². The quantitative estimate of drug-likeness (QED) is 0.443. The minimum absolute atomic E-state index is 0.0842. The molecule has 0 atom stereocenters. The molecule has 0 aromatic carbocycles. The van der Waals surface area contributed by atoms with Crippen molar-refractivity contribution in [3.63, 3.8) is 0 Å². The molecular weight excluding hydrogens is 426 g/mol. The summed E-state index contributed by atoms with van der Waals surface area (Å²) < 4.78 is 13.0. The van der Waals surface area contributed by atoms with Crippen LogP contribution in [-0.4, -0.2) is 56.6 Å². The highest BCUT2D eigenvalue weighted by molar-refractivity contribution is 7.08. The molecular formula is C23H25N5O3S. The Bertz CT molecular complexity index is 1180. The van der Waals surface area contributed by atoms with Crippen LogP contribution in [0.4, 0.5) is 0 Å². The molecule has 1 fully saturated rings. The first-order valence-corrected chi connectivity index (χ1v) is 11.6. The molecule has 9 heteroatoms. The summed E-state index contributed by atoms with van der Waals surface area (Å²) in [5.41, 5.74) is 3.77. The highest BCUT2D eigenvalue weighted by Gasteiger charge is 2.26. The first-order chi connectivity index (χ1) is 15.6. The number of carbonyl (C=O) groups excluding carboxylic acids is 1. The van der Waals surface area contributed by atoms with E-state index in [-0.39, 0.29) is 5.91 Å². The fourth-order valence-electron chi connectivity index (χ4n) is 4.12. The van der Waals surface area contributed by atoms with Gasteiger partial charge >= 0.3 is 0 Å². The van der Waals surface area contributed by atoms with Crippen LogP contribution in [0.25, 0.3) is 11.4 Å². The molecule has 0 spiro atoms. The third-order valence-electron chi connectivity index (χ3n) is 5.96. The van der Waals surface area contributed by atoms with E-state index in [9.17, 15) is 4.79 Å². The number of furan rings is 1. The first-order valence-electron chi connectivity index (χ1n) is 10.6. The highest BCUT2D eigenvalue weighted by atomic mass is 32.1. The minimum Gasteiger partial charge on any atom is -0.467 e. The zero-order valence-corrected chi connectivity index (χ0v) is 19.0. The van der Waals surface area contributed by atoms with Crippen LogP contribution in [0.15, 0.2) is 50.2 Å². The lowest BCUT2D eigenvalue weighted by molar-refractivity contribution is 0.0614. The van der Waals surface area contributed by atoms with E-state index in [0.29, 0.717) is 37.9 Å². The Morgan fingerprint density at radius 2 is 2.00 bits per heavy atom. The average Bonchev–Trinajstić information content (AvgIpc) is 3.59. The van der Waals surface area contributed by atoms with Crippen LogP contribution in [0.5, 0.6) is 0 Å². The molecule has 5 heterocycles. The van der Waals surface area contributed by atoms with Crippen LogP contribution in [0.3, 0.4) is 0 Å². The van der Waals surface area contributed by atoms with Gasteiger partial charge in [-0.1, -0.05) is 5.16 Å². The van der Waals surface area contributed by atoms with Crippen LogP contribution in [0.1, 0.15) is 33.4 Å². The van der Waals surface area contributed by atoms with Crippen LogP contribution < -0.4 is 0 Å². The summed E-state index contributed by atoms with van der Waals surface area (Å²) in [5.74, 6) is 2.19. The molecule has 4 aromatic rings. The molecule has 4 aromatic heterocycles. The van der Waals surface area contributed by atoms with Gasteiger partial charge in [-0.3, -0.25) is 9.69 Å². The van der Waals surface area contributed by atoms with E-state index in [1.165, 1.54) is 0 Å². The second-order valence-electron chi connectivity index (χ2n) is 8.04. The third kappa shape index (κ3) is 4.13. The van der Waals surface area contributed by atoms with Crippen molar-refractivity contribution >= 4 is 17.2 Å². The Hall–Kier alpha value is -3.17. The van der Waals surface area contributed by atoms with E-state index in [1.54, 1.807) is 17.6 Å². The lowest BCUT2D eigenvalue weighted by Gasteiger charge is -2.34. The summed E-state index contributed by atoms with van der Waals surface area (Å²) in [6, 6.07) is 7.80. The van der Waals surface area contributed by atoms with Gasteiger partial charge in [-0.2, -0.15) is 16.3 Å². The maximum atomic E-state index is 13.2. The van der Waals surface area contributed by atoms with Crippen molar-refractivity contribution in [1.29, 1.82) is 0 Å². The van der Waals surface area contributed by atoms with Crippen LogP contribution >= 0.6 is 11.3 Å². The molecule has 5 rings (SSSR count). The first kappa shape index (κ1) is 20.7. The predicted molar refractivity (Wildman–Crippen MR) is 121 cm³/mol. The van der Waals surface area contributed by atoms with Gasteiger partial charge in [-0.25, -0.2) is 0 Å². The maximum Gasteiger partial charge on any atom is 0.255 e. The number of rotatable bonds is 6. The number of piperazine rings is 1. The lowest BCUT2D eigenvalue weighted by Crippen LogP contribution is -2.48. The number of thiophene rings is 1. The van der Waals surface area contributed by atoms with E-state index in [1.807, 2.05) is 53.8 Å². The summed E-state index contributed by atoms with van der Waals surface area (Å²) in [6.45, 7) is 8.14. The normalized spacial score (nSPS) is 14.9. The van der Waals surface area contributed by atoms with Crippen molar-refractivity contribution < 1.29 is 13.7 Å². The Labute approximate surface area is 190 Å². The van der Waals surface area contributed by atoms with Crippen LogP contribution in [0.2, 0.25) is 0 Å². The molecule has 0 bridgehead atoms. The Morgan fingerprint density at radius 1 is 1.16 bits per heavy atom. The zero-order chi connectivity index (χ0) is 22.1. The smallest absolute Gasteiger partial charge is 0.255 e. The number of aromatic nitrogens is 3. The lowest BCUT2D eigenvalue weighted by atomic mass is 10.2. The Balaban J connectivity index is 1.20. The van der Waals surface area contributed by atoms with Crippen molar-refractivity contribution in [2.75, 3.05) is 26.2 Å². The van der Waals surface area contributed by atoms with Crippen molar-refractivity contribution in [2.45, 2.75) is 26.9 Å². The molecule has 0 radical (unpaired) electrons. The average molecular weight is 452 g/mol. The third-order valence-corrected chi connectivity index (χ3v) is 6.65. The van der Waals surface area contributed by atoms with Gasteiger partial charge in [0.05, 0.1) is 24.9 Å². The topological polar surface area (TPSA) is 80.5 Å². The van der Waals surface area contributed by atoms with E-state index in [4.69, 9.17) is 8.94 Å². The van der Waals surface area contributed by atoms with E-state index in [0.717, 1.165) is 41.4 Å². The van der Waals surface area contributed by atoms with Gasteiger partial charge in [0.2, 0.25) is 11.7 Å². The molecule has 0 aliphatic carbocycles. The number of amides is 1. The van der Waals surface area contributed by atoms with Gasteiger partial charge in [-0.15, -0.1) is 0 Å². The van der Waals surface area contributed by atoms with Crippen molar-refractivity contribution in [2.24, 2.45) is 0 Å². The molecule has 1 aliphatic rings. The summed E-state index contributed by atoms with van der Waals surface area (Å²) in [7, 11) is 0. The Kier molecular flexibility index (Phi) is 5.67. The van der Waals surface area contributed by atoms with Gasteiger partial charge in [0.15, 0.2) is 0 Å². The maximum absolute atomic E-state index is 13.2. The molecule has 0 unspecified atom stereocenters. The van der Waals surface area contributed by atoms with Crippen LogP contribution in [0, 0.1) is 13.8 Å². The molecule has 0 N–H and O–H groups in total. The fourth-order valence-corrected chi connectivity index (χ4v) is 4.75. The summed E-state index contributed by atoms with van der Waals surface area (Å²) in [4.78, 5) is 21.9. The van der Waals surface area contributed by atoms with E-state index < -0.39 is 0 Å². The van der Waals surface area contributed by atoms with Gasteiger partial charge in [0, 0.05) is 48.5 Å². The number of hydrogen-bond acceptors (Lipinski definition) is 7. The van der Waals surface area contributed by atoms with Crippen LogP contribution in [-0.2, 0) is 13.1 Å². The second-order valence-corrected chi connectivity index (χ2v) is 8.82. The Morgan fingerprint density at radius 3 is 2.72 bits per heavy atom. The number of carbonyl (C=O) groups is 1. The second kappa shape index (κ2) is 8.76. The largest absolute Gasteiger partial charge is 0.467 e. The zero-order valence-electron chi connectivity index (χ0n) is 18.2. The SMILES string of the molecule is Cc1cc(C(=O)N2CCN(Cc3nc(-c4ccsc4)no3)CC2)c(C)n1Cc1ccco1. The molecule has 1 saturated heterocycles. The fraction of sp³-hybridized carbons (Fsp3) is 0.348. The highest BCUT2D eigenvalue weighted by Crippen LogP contribution is 2.21. The summed E-state index contributed by atoms with van der Waals surface area (Å²) in [5, 5.41) is 8.07. The van der Waals surface area contributed by atoms with E-state index in [2.05, 4.69) is 19.6 Å². The summed E-state index contributed by atoms with van der Waals surface area (Å²) >= 11 is 1.61. The standard InChI is InChI=1S/C23H25N5O3S/c1-16-12-20(17(2)28(16)13-19-4-3-10-30-19)23(29)27-8-6-26(7-9-27)14-21-24-22(25-31-21)18-5-11-32-15-18/h3-5,10-12,15H,6-9,13-14H2,1-2H3. The molecule has 166 valence electrons. The van der Waals surface area contributed by atoms with Gasteiger partial charge in [0.25, 0.3) is 5.91 Å². The number of nitrogens with zero attached hydrogens (tertiary/aromatic N) is 5. The van der Waals surface area contributed by atoms with Gasteiger partial charge in [-0.05, 0) is 43.5 Å². The van der Waals surface area contributed by atoms with Crippen molar-refractivity contribution in [3.05, 3.63) is 69.9 Å². The van der Waals surface area contributed by atoms with Crippen molar-refractivity contribution in [3.8, 4) is 11.4 Å². The number of aryl methyl sites for hydroxylation is 1. The van der Waals surface area contributed by atoms with E-state index >= 15 is 0 Å². The molecule has 1 aliphatic heterocycles. The predicted octanol–water partition coefficient (Wildman–Crippen LogP) is 3.82.